The van der Waals surface area contributed by atoms with Crippen LogP contribution in [0.4, 0.5) is 0 Å². The van der Waals surface area contributed by atoms with Crippen molar-refractivity contribution in [1.82, 2.24) is 14.7 Å². The Hall–Kier alpha value is 0.0969. The lowest BCUT2D eigenvalue weighted by Crippen LogP contribution is -2.71. The van der Waals surface area contributed by atoms with Gasteiger partial charge in [-0.1, -0.05) is 6.04 Å². The van der Waals surface area contributed by atoms with Gasteiger partial charge in [-0.15, -0.1) is 0 Å². The van der Waals surface area contributed by atoms with Crippen molar-refractivity contribution in [3.05, 3.63) is 0 Å². The second kappa shape index (κ2) is 7.77. The molecule has 0 amide bonds. The standard InChI is InChI=1S/C15H36N3Si/c1-12(2)16(7)15(10-11-19,17(8)13(3)4)18(9)14(5)6/h12-14H,10-11,19H2,1-9H3. The number of hydrogen-bond acceptors (Lipinski definition) is 3. The van der Waals surface area contributed by atoms with Gasteiger partial charge >= 0.3 is 0 Å². The van der Waals surface area contributed by atoms with Crippen LogP contribution < -0.4 is 0 Å². The van der Waals surface area contributed by atoms with Crippen LogP contribution in [0.1, 0.15) is 48.0 Å². The molecule has 4 heteroatoms. The number of nitrogens with zero attached hydrogens (tertiary/aromatic N) is 3. The first kappa shape index (κ1) is 19.1. The van der Waals surface area contributed by atoms with Gasteiger partial charge in [-0.3, -0.25) is 14.7 Å². The Morgan fingerprint density at radius 3 is 1.16 bits per heavy atom. The Morgan fingerprint density at radius 2 is 1.00 bits per heavy atom. The molecule has 0 saturated carbocycles. The van der Waals surface area contributed by atoms with Crippen molar-refractivity contribution >= 4 is 10.2 Å². The monoisotopic (exact) mass is 286 g/mol. The fourth-order valence-electron chi connectivity index (χ4n) is 2.75. The summed E-state index contributed by atoms with van der Waals surface area (Å²) in [6.45, 7) is 13.7. The van der Waals surface area contributed by atoms with Crippen LogP contribution in [-0.2, 0) is 0 Å². The lowest BCUT2D eigenvalue weighted by Gasteiger charge is -2.57. The summed E-state index contributed by atoms with van der Waals surface area (Å²) in [4.78, 5) is 7.59. The molecule has 19 heavy (non-hydrogen) atoms. The topological polar surface area (TPSA) is 9.72 Å². The molecule has 0 heterocycles. The molecule has 3 nitrogen and oxygen atoms in total. The zero-order valence-electron chi connectivity index (χ0n) is 14.7. The van der Waals surface area contributed by atoms with Crippen molar-refractivity contribution in [1.29, 1.82) is 0 Å². The molecule has 0 atom stereocenters. The van der Waals surface area contributed by atoms with E-state index in [9.17, 15) is 0 Å². The first-order valence-electron chi connectivity index (χ1n) is 7.60. The quantitative estimate of drug-likeness (QED) is 0.500. The third-order valence-electron chi connectivity index (χ3n) is 4.53. The Morgan fingerprint density at radius 1 is 0.737 bits per heavy atom. The Labute approximate surface area is 124 Å². The molecule has 0 unspecified atom stereocenters. The summed E-state index contributed by atoms with van der Waals surface area (Å²) < 4.78 is 0. The maximum atomic E-state index is 2.53. The van der Waals surface area contributed by atoms with Gasteiger partial charge < -0.3 is 0 Å². The van der Waals surface area contributed by atoms with Gasteiger partial charge in [-0.25, -0.2) is 0 Å². The molecule has 115 valence electrons. The highest BCUT2D eigenvalue weighted by atomic mass is 28.1. The maximum absolute atomic E-state index is 2.53. The van der Waals surface area contributed by atoms with Crippen LogP contribution in [0.25, 0.3) is 0 Å². The minimum atomic E-state index is -0.00174. The largest absolute Gasteiger partial charge is 0.273 e. The summed E-state index contributed by atoms with van der Waals surface area (Å²) in [5.74, 6) is -0.00174. The summed E-state index contributed by atoms with van der Waals surface area (Å²) in [6, 6.07) is 2.79. The Bertz CT molecular complexity index is 218. The molecule has 0 spiro atoms. The van der Waals surface area contributed by atoms with Crippen LogP contribution in [-0.4, -0.2) is 70.0 Å². The highest BCUT2D eigenvalue weighted by Gasteiger charge is 2.44. The molecule has 0 N–H and O–H groups in total. The van der Waals surface area contributed by atoms with E-state index in [4.69, 9.17) is 0 Å². The lowest BCUT2D eigenvalue weighted by atomic mass is 10.1. The predicted octanol–water partition coefficient (Wildman–Crippen LogP) is 2.10. The third kappa shape index (κ3) is 4.03. The van der Waals surface area contributed by atoms with E-state index in [1.165, 1.54) is 12.5 Å². The fourth-order valence-corrected chi connectivity index (χ4v) is 3.23. The molecule has 0 bridgehead atoms. The molecule has 1 radical (unpaired) electrons. The summed E-state index contributed by atoms with van der Waals surface area (Å²) >= 11 is 0. The Kier molecular flexibility index (Phi) is 7.81. The summed E-state index contributed by atoms with van der Waals surface area (Å²) in [5.41, 5.74) is 0. The number of rotatable bonds is 8. The van der Waals surface area contributed by atoms with E-state index >= 15 is 0 Å². The van der Waals surface area contributed by atoms with Crippen LogP contribution in [0, 0.1) is 0 Å². The average Bonchev–Trinajstić information content (AvgIpc) is 2.32. The minimum Gasteiger partial charge on any atom is -0.273 e. The van der Waals surface area contributed by atoms with E-state index in [1.54, 1.807) is 0 Å². The van der Waals surface area contributed by atoms with Gasteiger partial charge in [0, 0.05) is 28.4 Å². The zero-order valence-corrected chi connectivity index (χ0v) is 16.1. The van der Waals surface area contributed by atoms with Crippen LogP contribution in [0.3, 0.4) is 0 Å². The van der Waals surface area contributed by atoms with Crippen molar-refractivity contribution in [2.45, 2.75) is 77.9 Å². The highest BCUT2D eigenvalue weighted by molar-refractivity contribution is 6.08. The van der Waals surface area contributed by atoms with Gasteiger partial charge in [0.15, 0.2) is 0 Å². The summed E-state index contributed by atoms with van der Waals surface area (Å²) in [6.07, 6.45) is 1.17. The van der Waals surface area contributed by atoms with Crippen molar-refractivity contribution in [3.8, 4) is 0 Å². The smallest absolute Gasteiger partial charge is 0.130 e. The van der Waals surface area contributed by atoms with E-state index in [1.807, 2.05) is 0 Å². The maximum Gasteiger partial charge on any atom is 0.130 e. The Balaban J connectivity index is 5.72. The molecule has 0 fully saturated rings. The highest BCUT2D eigenvalue weighted by Crippen LogP contribution is 2.32. The van der Waals surface area contributed by atoms with Crippen molar-refractivity contribution < 1.29 is 0 Å². The van der Waals surface area contributed by atoms with Crippen molar-refractivity contribution in [2.24, 2.45) is 0 Å². The molecule has 0 aliphatic heterocycles. The predicted molar refractivity (Wildman–Crippen MR) is 89.4 cm³/mol. The fraction of sp³-hybridized carbons (Fsp3) is 1.00. The van der Waals surface area contributed by atoms with Crippen LogP contribution >= 0.6 is 0 Å². The van der Waals surface area contributed by atoms with Gasteiger partial charge in [0.05, 0.1) is 0 Å². The molecule has 0 saturated heterocycles. The second-order valence-electron chi connectivity index (χ2n) is 6.49. The molecular formula is C15H36N3Si. The van der Waals surface area contributed by atoms with Crippen molar-refractivity contribution in [2.75, 3.05) is 21.1 Å². The van der Waals surface area contributed by atoms with Gasteiger partial charge in [-0.2, -0.15) is 0 Å². The average molecular weight is 287 g/mol. The van der Waals surface area contributed by atoms with E-state index in [0.29, 0.717) is 18.1 Å². The van der Waals surface area contributed by atoms with E-state index in [-0.39, 0.29) is 5.79 Å². The molecule has 0 rings (SSSR count). The molecule has 0 aliphatic rings. The lowest BCUT2D eigenvalue weighted by molar-refractivity contribution is -0.175. The third-order valence-corrected chi connectivity index (χ3v) is 4.88. The minimum absolute atomic E-state index is 0.00174. The van der Waals surface area contributed by atoms with Crippen molar-refractivity contribution in [3.63, 3.8) is 0 Å². The van der Waals surface area contributed by atoms with E-state index in [2.05, 4.69) is 87.6 Å². The van der Waals surface area contributed by atoms with Gasteiger partial charge in [0.1, 0.15) is 5.79 Å². The molecule has 0 aliphatic carbocycles. The van der Waals surface area contributed by atoms with Crippen LogP contribution in [0.15, 0.2) is 0 Å². The summed E-state index contributed by atoms with van der Waals surface area (Å²) in [5, 5.41) is 0. The van der Waals surface area contributed by atoms with Gasteiger partial charge in [0.25, 0.3) is 0 Å². The molecular weight excluding hydrogens is 250 g/mol. The van der Waals surface area contributed by atoms with Crippen LogP contribution in [0.2, 0.25) is 6.04 Å². The SMILES string of the molecule is CC(C)N(C)C(CC[SiH2])(N(C)C(C)C)N(C)C(C)C. The second-order valence-corrected chi connectivity index (χ2v) is 7.20. The van der Waals surface area contributed by atoms with Gasteiger partial charge in [0.2, 0.25) is 0 Å². The normalized spacial score (nSPS) is 13.9. The molecule has 0 aromatic carbocycles. The van der Waals surface area contributed by atoms with Gasteiger partial charge in [-0.05, 0) is 69.1 Å². The molecule has 0 aromatic rings. The van der Waals surface area contributed by atoms with E-state index in [0.717, 1.165) is 0 Å². The first-order chi connectivity index (χ1) is 8.62. The van der Waals surface area contributed by atoms with E-state index < -0.39 is 0 Å². The summed E-state index contributed by atoms with van der Waals surface area (Å²) in [7, 11) is 8.87. The first-order valence-corrected chi connectivity index (χ1v) is 8.60. The number of hydrogen-bond donors (Lipinski definition) is 0. The van der Waals surface area contributed by atoms with Crippen LogP contribution in [0.5, 0.6) is 0 Å². The molecule has 0 aromatic heterocycles. The zero-order chi connectivity index (χ0) is 15.4.